The Morgan fingerprint density at radius 1 is 0.970 bits per heavy atom. The lowest BCUT2D eigenvalue weighted by atomic mass is 10.1. The maximum Gasteiger partial charge on any atom is 0.408 e. The van der Waals surface area contributed by atoms with Gasteiger partial charge in [0, 0.05) is 12.1 Å². The van der Waals surface area contributed by atoms with E-state index in [2.05, 4.69) is 5.32 Å². The molecule has 1 amide bonds. The predicted molar refractivity (Wildman–Crippen MR) is 120 cm³/mol. The van der Waals surface area contributed by atoms with E-state index in [4.69, 9.17) is 19.9 Å². The second kappa shape index (κ2) is 11.6. The minimum atomic E-state index is -1.10. The summed E-state index contributed by atoms with van der Waals surface area (Å²) in [6.07, 6.45) is -0.186. The van der Waals surface area contributed by atoms with Crippen molar-refractivity contribution in [2.75, 3.05) is 0 Å². The van der Waals surface area contributed by atoms with Crippen molar-refractivity contribution < 1.29 is 33.5 Å². The van der Waals surface area contributed by atoms with Crippen molar-refractivity contribution in [1.82, 2.24) is 5.32 Å². The largest absolute Gasteiger partial charge is 0.459 e. The normalized spacial score (nSPS) is 13.4. The SMILES string of the molecule is CC(C)(C)OC(=O)N[C@@H](CCC[C@H](N)C(=O)OC(C)(C)C)C(=O)Oc1ccc([N+](=O)[O-])cc1. The average Bonchev–Trinajstić information content (AvgIpc) is 2.64. The monoisotopic (exact) mass is 467 g/mol. The smallest absolute Gasteiger partial charge is 0.408 e. The molecular weight excluding hydrogens is 434 g/mol. The van der Waals surface area contributed by atoms with Gasteiger partial charge in [-0.2, -0.15) is 0 Å². The van der Waals surface area contributed by atoms with Gasteiger partial charge in [-0.05, 0) is 72.9 Å². The number of benzene rings is 1. The fraction of sp³-hybridized carbons (Fsp3) is 0.591. The van der Waals surface area contributed by atoms with E-state index in [1.807, 2.05) is 0 Å². The highest BCUT2D eigenvalue weighted by Gasteiger charge is 2.27. The number of nitro groups is 1. The van der Waals surface area contributed by atoms with Crippen molar-refractivity contribution in [3.8, 4) is 5.75 Å². The number of nitro benzene ring substituents is 1. The summed E-state index contributed by atoms with van der Waals surface area (Å²) in [5.41, 5.74) is 4.26. The van der Waals surface area contributed by atoms with Gasteiger partial charge in [-0.3, -0.25) is 14.9 Å². The Labute approximate surface area is 193 Å². The van der Waals surface area contributed by atoms with E-state index < -0.39 is 46.2 Å². The van der Waals surface area contributed by atoms with Crippen LogP contribution in [0.1, 0.15) is 60.8 Å². The summed E-state index contributed by atoms with van der Waals surface area (Å²) in [5, 5.41) is 13.2. The summed E-state index contributed by atoms with van der Waals surface area (Å²) < 4.78 is 15.7. The highest BCUT2D eigenvalue weighted by molar-refractivity contribution is 5.83. The predicted octanol–water partition coefficient (Wildman–Crippen LogP) is 3.23. The fourth-order valence-corrected chi connectivity index (χ4v) is 2.56. The molecule has 1 rings (SSSR count). The average molecular weight is 468 g/mol. The first-order chi connectivity index (χ1) is 15.1. The highest BCUT2D eigenvalue weighted by Crippen LogP contribution is 2.19. The molecule has 0 fully saturated rings. The summed E-state index contributed by atoms with van der Waals surface area (Å²) in [4.78, 5) is 47.1. The molecule has 0 radical (unpaired) electrons. The van der Waals surface area contributed by atoms with Gasteiger partial charge < -0.3 is 25.3 Å². The molecule has 1 aromatic rings. The molecule has 0 aliphatic carbocycles. The molecule has 0 aliphatic heterocycles. The van der Waals surface area contributed by atoms with Crippen molar-refractivity contribution in [2.45, 2.75) is 84.1 Å². The zero-order chi connectivity index (χ0) is 25.4. The van der Waals surface area contributed by atoms with Crippen LogP contribution in [0.25, 0.3) is 0 Å². The Balaban J connectivity index is 2.81. The summed E-state index contributed by atoms with van der Waals surface area (Å²) in [7, 11) is 0. The number of rotatable bonds is 9. The number of esters is 2. The minimum absolute atomic E-state index is 0.0760. The highest BCUT2D eigenvalue weighted by atomic mass is 16.6. The number of alkyl carbamates (subject to hydrolysis) is 1. The summed E-state index contributed by atoms with van der Waals surface area (Å²) in [5.74, 6) is -1.28. The quantitative estimate of drug-likeness (QED) is 0.240. The van der Waals surface area contributed by atoms with Gasteiger partial charge in [0.05, 0.1) is 4.92 Å². The first-order valence-electron chi connectivity index (χ1n) is 10.5. The standard InChI is InChI=1S/C22H33N3O8/c1-21(2,3)32-18(26)16(23)8-7-9-17(24-20(28)33-22(4,5)6)19(27)31-15-12-10-14(11-13-15)25(29)30/h10-13,16-17H,7-9,23H2,1-6H3,(H,24,28)/t16-,17-/m0/s1. The van der Waals surface area contributed by atoms with Gasteiger partial charge >= 0.3 is 18.0 Å². The van der Waals surface area contributed by atoms with Crippen molar-refractivity contribution in [1.29, 1.82) is 0 Å². The lowest BCUT2D eigenvalue weighted by Gasteiger charge is -2.24. The molecule has 184 valence electrons. The van der Waals surface area contributed by atoms with Gasteiger partial charge in [0.25, 0.3) is 5.69 Å². The van der Waals surface area contributed by atoms with Crippen LogP contribution in [0.2, 0.25) is 0 Å². The van der Waals surface area contributed by atoms with Crippen molar-refractivity contribution >= 4 is 23.7 Å². The molecule has 0 spiro atoms. The van der Waals surface area contributed by atoms with Gasteiger partial charge in [-0.1, -0.05) is 0 Å². The van der Waals surface area contributed by atoms with Crippen LogP contribution in [-0.4, -0.2) is 46.2 Å². The molecular formula is C22H33N3O8. The molecule has 0 saturated heterocycles. The summed E-state index contributed by atoms with van der Waals surface area (Å²) in [6, 6.07) is 2.95. The molecule has 2 atom stereocenters. The van der Waals surface area contributed by atoms with Gasteiger partial charge in [0.1, 0.15) is 29.0 Å². The molecule has 3 N–H and O–H groups in total. The van der Waals surface area contributed by atoms with Crippen LogP contribution in [0.15, 0.2) is 24.3 Å². The Morgan fingerprint density at radius 3 is 2.00 bits per heavy atom. The molecule has 33 heavy (non-hydrogen) atoms. The fourth-order valence-electron chi connectivity index (χ4n) is 2.56. The molecule has 0 heterocycles. The third-order valence-electron chi connectivity index (χ3n) is 3.96. The van der Waals surface area contributed by atoms with Crippen LogP contribution < -0.4 is 15.8 Å². The summed E-state index contributed by atoms with van der Waals surface area (Å²) >= 11 is 0. The number of nitrogens with two attached hydrogens (primary N) is 1. The van der Waals surface area contributed by atoms with E-state index in [9.17, 15) is 24.5 Å². The molecule has 0 aromatic heterocycles. The van der Waals surface area contributed by atoms with Crippen LogP contribution in [0.4, 0.5) is 10.5 Å². The number of carbonyl (C=O) groups is 3. The van der Waals surface area contributed by atoms with Crippen molar-refractivity contribution in [2.24, 2.45) is 5.73 Å². The Hall–Kier alpha value is -3.21. The van der Waals surface area contributed by atoms with E-state index in [1.54, 1.807) is 41.5 Å². The molecule has 0 bridgehead atoms. The molecule has 11 nitrogen and oxygen atoms in total. The number of hydrogen-bond donors (Lipinski definition) is 2. The number of nitrogens with one attached hydrogen (secondary N) is 1. The van der Waals surface area contributed by atoms with Crippen molar-refractivity contribution in [3.63, 3.8) is 0 Å². The molecule has 1 aromatic carbocycles. The van der Waals surface area contributed by atoms with Gasteiger partial charge in [-0.25, -0.2) is 9.59 Å². The van der Waals surface area contributed by atoms with Crippen molar-refractivity contribution in [3.05, 3.63) is 34.4 Å². The number of ether oxygens (including phenoxy) is 3. The maximum absolute atomic E-state index is 12.7. The maximum atomic E-state index is 12.7. The molecule has 0 saturated carbocycles. The Morgan fingerprint density at radius 2 is 1.52 bits per heavy atom. The van der Waals surface area contributed by atoms with Crippen LogP contribution in [0, 0.1) is 10.1 Å². The van der Waals surface area contributed by atoms with Gasteiger partial charge in [0.15, 0.2) is 0 Å². The summed E-state index contributed by atoms with van der Waals surface area (Å²) in [6.45, 7) is 10.2. The third kappa shape index (κ3) is 11.3. The van der Waals surface area contributed by atoms with Crippen LogP contribution in [-0.2, 0) is 19.1 Å². The first kappa shape index (κ1) is 27.8. The van der Waals surface area contributed by atoms with Crippen LogP contribution >= 0.6 is 0 Å². The number of non-ortho nitro benzene ring substituents is 1. The zero-order valence-electron chi connectivity index (χ0n) is 19.9. The number of nitrogens with zero attached hydrogens (tertiary/aromatic N) is 1. The minimum Gasteiger partial charge on any atom is -0.459 e. The Bertz CT molecular complexity index is 841. The van der Waals surface area contributed by atoms with Gasteiger partial charge in [0.2, 0.25) is 0 Å². The van der Waals surface area contributed by atoms with E-state index in [-0.39, 0.29) is 24.3 Å². The second-order valence-corrected chi connectivity index (χ2v) is 9.44. The molecule has 11 heteroatoms. The number of hydrogen-bond acceptors (Lipinski definition) is 9. The molecule has 0 unspecified atom stereocenters. The van der Waals surface area contributed by atoms with Gasteiger partial charge in [-0.15, -0.1) is 0 Å². The lowest BCUT2D eigenvalue weighted by Crippen LogP contribution is -2.45. The molecule has 0 aliphatic rings. The zero-order valence-corrected chi connectivity index (χ0v) is 19.9. The van der Waals surface area contributed by atoms with Crippen LogP contribution in [0.5, 0.6) is 5.75 Å². The third-order valence-corrected chi connectivity index (χ3v) is 3.96. The number of amides is 1. The van der Waals surface area contributed by atoms with E-state index in [0.29, 0.717) is 6.42 Å². The van der Waals surface area contributed by atoms with Crippen LogP contribution in [0.3, 0.4) is 0 Å². The van der Waals surface area contributed by atoms with E-state index >= 15 is 0 Å². The van der Waals surface area contributed by atoms with E-state index in [1.165, 1.54) is 24.3 Å². The first-order valence-corrected chi connectivity index (χ1v) is 10.5. The lowest BCUT2D eigenvalue weighted by molar-refractivity contribution is -0.384. The second-order valence-electron chi connectivity index (χ2n) is 9.44. The topological polar surface area (TPSA) is 160 Å². The van der Waals surface area contributed by atoms with E-state index in [0.717, 1.165) is 0 Å². The Kier molecular flexibility index (Phi) is 9.78. The number of carbonyl (C=O) groups excluding carboxylic acids is 3.